The Balaban J connectivity index is 1.02. The summed E-state index contributed by atoms with van der Waals surface area (Å²) in [6.45, 7) is 6.78. The number of hydrogen-bond donors (Lipinski definition) is 1. The van der Waals surface area contributed by atoms with Crippen molar-refractivity contribution in [2.24, 2.45) is 0 Å². The number of benzene rings is 8. The highest BCUT2D eigenvalue weighted by atomic mass is 32.1. The molecule has 316 valence electrons. The van der Waals surface area contributed by atoms with Crippen LogP contribution in [-0.4, -0.2) is 0 Å². The average molecular weight is 876 g/mol. The van der Waals surface area contributed by atoms with Gasteiger partial charge in [-0.3, -0.25) is 0 Å². The van der Waals surface area contributed by atoms with Gasteiger partial charge >= 0.3 is 0 Å². The highest BCUT2D eigenvalue weighted by molar-refractivity contribution is 7.09. The molecule has 0 aliphatic rings. The van der Waals surface area contributed by atoms with Gasteiger partial charge in [0.25, 0.3) is 0 Å². The number of hydrogen-bond acceptors (Lipinski definition) is 5. The van der Waals surface area contributed by atoms with Crippen molar-refractivity contribution in [3.8, 4) is 44.5 Å². The summed E-state index contributed by atoms with van der Waals surface area (Å²) in [7, 11) is 0. The number of nitrogens with one attached hydrogen (secondary N) is 1. The fraction of sp³-hybridized carbons (Fsp3) is 0.0667. The number of para-hydroxylation sites is 4. The Hall–Kier alpha value is -7.44. The largest absolute Gasteiger partial charge is 0.355 e. The molecule has 2 heterocycles. The van der Waals surface area contributed by atoms with Crippen LogP contribution in [0.1, 0.15) is 26.3 Å². The molecule has 0 saturated carbocycles. The molecule has 2 aromatic heterocycles. The summed E-state index contributed by atoms with van der Waals surface area (Å²) in [6, 6.07) is 76.1. The van der Waals surface area contributed by atoms with Crippen LogP contribution < -0.4 is 15.1 Å². The second kappa shape index (κ2) is 18.3. The maximum absolute atomic E-state index is 3.84. The zero-order valence-electron chi connectivity index (χ0n) is 36.7. The van der Waals surface area contributed by atoms with Crippen LogP contribution in [0.2, 0.25) is 0 Å². The van der Waals surface area contributed by atoms with Gasteiger partial charge in [-0.2, -0.15) is 22.7 Å². The summed E-state index contributed by atoms with van der Waals surface area (Å²) in [4.78, 5) is 4.62. The Morgan fingerprint density at radius 2 is 0.692 bits per heavy atom. The highest BCUT2D eigenvalue weighted by Gasteiger charge is 2.20. The maximum Gasteiger partial charge on any atom is 0.0464 e. The molecule has 8 aromatic carbocycles. The van der Waals surface area contributed by atoms with Crippen molar-refractivity contribution in [3.05, 3.63) is 239 Å². The van der Waals surface area contributed by atoms with E-state index in [1.807, 2.05) is 0 Å². The lowest BCUT2D eigenvalue weighted by Gasteiger charge is -2.25. The Bertz CT molecular complexity index is 3040. The van der Waals surface area contributed by atoms with Gasteiger partial charge < -0.3 is 15.1 Å². The summed E-state index contributed by atoms with van der Waals surface area (Å²) < 4.78 is 0. The van der Waals surface area contributed by atoms with Gasteiger partial charge in [0.1, 0.15) is 0 Å². The van der Waals surface area contributed by atoms with Crippen LogP contribution in [0.5, 0.6) is 0 Å². The van der Waals surface area contributed by atoms with E-state index in [4.69, 9.17) is 0 Å². The predicted molar refractivity (Wildman–Crippen MR) is 282 cm³/mol. The van der Waals surface area contributed by atoms with E-state index in [-0.39, 0.29) is 5.41 Å². The molecule has 3 nitrogen and oxygen atoms in total. The minimum absolute atomic E-state index is 0.0768. The van der Waals surface area contributed by atoms with Gasteiger partial charge in [0.15, 0.2) is 0 Å². The number of thiophene rings is 2. The fourth-order valence-corrected chi connectivity index (χ4v) is 10.2. The van der Waals surface area contributed by atoms with Crippen molar-refractivity contribution >= 4 is 68.2 Å². The van der Waals surface area contributed by atoms with E-state index in [1.54, 1.807) is 22.7 Å². The number of rotatable bonds is 12. The minimum Gasteiger partial charge on any atom is -0.355 e. The molecule has 0 saturated heterocycles. The lowest BCUT2D eigenvalue weighted by molar-refractivity contribution is 0.590. The quantitative estimate of drug-likeness (QED) is 0.132. The molecular weight excluding hydrogens is 827 g/mol. The van der Waals surface area contributed by atoms with E-state index < -0.39 is 0 Å². The Labute approximate surface area is 391 Å². The van der Waals surface area contributed by atoms with Crippen LogP contribution in [0.3, 0.4) is 0 Å². The van der Waals surface area contributed by atoms with Crippen molar-refractivity contribution in [2.75, 3.05) is 15.1 Å². The van der Waals surface area contributed by atoms with Gasteiger partial charge in [0.05, 0.1) is 0 Å². The highest BCUT2D eigenvalue weighted by Crippen LogP contribution is 2.45. The molecule has 1 N–H and O–H groups in total. The summed E-state index contributed by atoms with van der Waals surface area (Å²) in [5.74, 6) is 0. The van der Waals surface area contributed by atoms with E-state index in [2.05, 4.69) is 270 Å². The van der Waals surface area contributed by atoms with Crippen molar-refractivity contribution in [1.82, 2.24) is 0 Å². The molecule has 0 radical (unpaired) electrons. The lowest BCUT2D eigenvalue weighted by Crippen LogP contribution is -2.10. The second-order valence-corrected chi connectivity index (χ2v) is 18.7. The molecule has 10 aromatic rings. The van der Waals surface area contributed by atoms with Crippen molar-refractivity contribution in [1.29, 1.82) is 0 Å². The summed E-state index contributed by atoms with van der Waals surface area (Å²) in [5.41, 5.74) is 19.8. The standard InChI is InChI=1S/C60H49N3S2/c1-60(2,3)46-29-31-47(32-30-46)61-59-37-28-45(57-41-64-39-55(57)43-24-33-52(34-25-43)62(48-16-8-4-9-17-48)49-18-10-5-11-19-49)38-54(59)58-42-65-40-56(58)44-26-35-53(36-27-44)63(50-20-12-6-13-21-50)51-22-14-7-15-23-51/h4-42,61H,1-3H3. The summed E-state index contributed by atoms with van der Waals surface area (Å²) >= 11 is 3.49. The topological polar surface area (TPSA) is 18.5 Å². The second-order valence-electron chi connectivity index (χ2n) is 17.2. The van der Waals surface area contributed by atoms with Gasteiger partial charge in [-0.15, -0.1) is 0 Å². The van der Waals surface area contributed by atoms with Crippen molar-refractivity contribution < 1.29 is 0 Å². The minimum atomic E-state index is 0.0768. The zero-order valence-corrected chi connectivity index (χ0v) is 38.4. The molecule has 0 amide bonds. The van der Waals surface area contributed by atoms with E-state index in [1.165, 1.54) is 44.5 Å². The van der Waals surface area contributed by atoms with Gasteiger partial charge in [-0.25, -0.2) is 0 Å². The molecule has 10 rings (SSSR count). The molecular formula is C60H49N3S2. The molecule has 0 unspecified atom stereocenters. The SMILES string of the molecule is CC(C)(C)c1ccc(Nc2ccc(-c3cscc3-c3ccc(N(c4ccccc4)c4ccccc4)cc3)cc2-c2cscc2-c2ccc(N(c3ccccc3)c3ccccc3)cc2)cc1. The molecule has 0 fully saturated rings. The van der Waals surface area contributed by atoms with Crippen molar-refractivity contribution in [2.45, 2.75) is 26.2 Å². The van der Waals surface area contributed by atoms with Crippen LogP contribution in [-0.2, 0) is 5.41 Å². The first kappa shape index (κ1) is 41.6. The third-order valence-corrected chi connectivity index (χ3v) is 13.4. The Morgan fingerprint density at radius 1 is 0.338 bits per heavy atom. The third-order valence-electron chi connectivity index (χ3n) is 11.9. The number of nitrogens with zero attached hydrogens (tertiary/aromatic N) is 2. The van der Waals surface area contributed by atoms with Gasteiger partial charge in [0, 0.05) is 73.3 Å². The molecule has 65 heavy (non-hydrogen) atoms. The van der Waals surface area contributed by atoms with Gasteiger partial charge in [-0.1, -0.05) is 136 Å². The first-order chi connectivity index (χ1) is 31.9. The number of anilines is 8. The Morgan fingerprint density at radius 3 is 1.11 bits per heavy atom. The first-order valence-corrected chi connectivity index (χ1v) is 23.9. The van der Waals surface area contributed by atoms with E-state index in [0.717, 1.165) is 51.1 Å². The van der Waals surface area contributed by atoms with Crippen LogP contribution >= 0.6 is 22.7 Å². The normalized spacial score (nSPS) is 11.3. The lowest BCUT2D eigenvalue weighted by atomic mass is 9.87. The zero-order chi connectivity index (χ0) is 44.2. The van der Waals surface area contributed by atoms with Gasteiger partial charge in [0.2, 0.25) is 0 Å². The molecule has 5 heteroatoms. The van der Waals surface area contributed by atoms with Crippen LogP contribution in [0.15, 0.2) is 234 Å². The van der Waals surface area contributed by atoms with Crippen LogP contribution in [0, 0.1) is 0 Å². The molecule has 0 atom stereocenters. The first-order valence-electron chi connectivity index (χ1n) is 22.0. The van der Waals surface area contributed by atoms with Gasteiger partial charge in [-0.05, 0) is 146 Å². The van der Waals surface area contributed by atoms with Crippen LogP contribution in [0.4, 0.5) is 45.5 Å². The maximum atomic E-state index is 3.84. The van der Waals surface area contributed by atoms with E-state index in [9.17, 15) is 0 Å². The predicted octanol–water partition coefficient (Wildman–Crippen LogP) is 18.5. The fourth-order valence-electron chi connectivity index (χ4n) is 8.51. The van der Waals surface area contributed by atoms with E-state index in [0.29, 0.717) is 0 Å². The molecule has 0 bridgehead atoms. The smallest absolute Gasteiger partial charge is 0.0464 e. The van der Waals surface area contributed by atoms with Crippen LogP contribution in [0.25, 0.3) is 44.5 Å². The third kappa shape index (κ3) is 8.90. The molecule has 0 aliphatic heterocycles. The van der Waals surface area contributed by atoms with Crippen molar-refractivity contribution in [3.63, 3.8) is 0 Å². The van der Waals surface area contributed by atoms with E-state index >= 15 is 0 Å². The summed E-state index contributed by atoms with van der Waals surface area (Å²) in [6.07, 6.45) is 0. The monoisotopic (exact) mass is 875 g/mol. The average Bonchev–Trinajstić information content (AvgIpc) is 4.05. The summed E-state index contributed by atoms with van der Waals surface area (Å²) in [5, 5.41) is 13.0. The molecule has 0 aliphatic carbocycles. The molecule has 0 spiro atoms. The Kier molecular flexibility index (Phi) is 11.7.